The molecule has 2 N–H and O–H groups in total. The molecule has 1 aromatic rings. The molecule has 0 saturated carbocycles. The van der Waals surface area contributed by atoms with E-state index in [4.69, 9.17) is 0 Å². The summed E-state index contributed by atoms with van der Waals surface area (Å²) in [6, 6.07) is 2.13. The van der Waals surface area contributed by atoms with Crippen molar-refractivity contribution in [1.29, 1.82) is 0 Å². The van der Waals surface area contributed by atoms with Gasteiger partial charge in [0.1, 0.15) is 0 Å². The number of amides is 1. The highest BCUT2D eigenvalue weighted by Gasteiger charge is 2.04. The third-order valence-corrected chi connectivity index (χ3v) is 3.34. The molecule has 0 fully saturated rings. The maximum Gasteiger partial charge on any atom is 0.234 e. The van der Waals surface area contributed by atoms with Gasteiger partial charge in [-0.1, -0.05) is 13.8 Å². The van der Waals surface area contributed by atoms with Crippen LogP contribution in [0.3, 0.4) is 0 Å². The van der Waals surface area contributed by atoms with Crippen molar-refractivity contribution in [3.8, 4) is 0 Å². The van der Waals surface area contributed by atoms with Crippen LogP contribution in [0.4, 0.5) is 0 Å². The van der Waals surface area contributed by atoms with Crippen LogP contribution >= 0.6 is 11.3 Å². The molecule has 0 unspecified atom stereocenters. The van der Waals surface area contributed by atoms with Crippen LogP contribution in [0.1, 0.15) is 30.7 Å². The minimum Gasteiger partial charge on any atom is -0.350 e. The number of carbonyl (C=O) groups excluding carboxylic acids is 1. The highest BCUT2D eigenvalue weighted by molar-refractivity contribution is 7.10. The first-order valence-electron chi connectivity index (χ1n) is 5.80. The molecule has 0 radical (unpaired) electrons. The molecule has 1 rings (SSSR count). The van der Waals surface area contributed by atoms with Crippen LogP contribution in [-0.2, 0) is 17.8 Å². The molecule has 0 aliphatic heterocycles. The van der Waals surface area contributed by atoms with E-state index >= 15 is 0 Å². The van der Waals surface area contributed by atoms with E-state index in [1.165, 1.54) is 10.4 Å². The van der Waals surface area contributed by atoms with Crippen LogP contribution in [0, 0.1) is 0 Å². The van der Waals surface area contributed by atoms with Crippen molar-refractivity contribution in [3.05, 3.63) is 21.9 Å². The first-order valence-corrected chi connectivity index (χ1v) is 6.68. The number of carbonyl (C=O) groups is 1. The van der Waals surface area contributed by atoms with Gasteiger partial charge in [-0.2, -0.15) is 0 Å². The SMILES string of the molecule is CCCNCC(=O)NCc1sccc1CC. The number of nitrogens with one attached hydrogen (secondary N) is 2. The van der Waals surface area contributed by atoms with Gasteiger partial charge in [-0.15, -0.1) is 11.3 Å². The Balaban J connectivity index is 2.26. The van der Waals surface area contributed by atoms with E-state index in [0.717, 1.165) is 19.4 Å². The van der Waals surface area contributed by atoms with E-state index in [9.17, 15) is 4.79 Å². The monoisotopic (exact) mass is 240 g/mol. The fourth-order valence-corrected chi connectivity index (χ4v) is 2.37. The number of hydrogen-bond acceptors (Lipinski definition) is 3. The summed E-state index contributed by atoms with van der Waals surface area (Å²) in [6.45, 7) is 6.20. The molecule has 4 heteroatoms. The van der Waals surface area contributed by atoms with Crippen LogP contribution in [0.25, 0.3) is 0 Å². The zero-order valence-electron chi connectivity index (χ0n) is 10.0. The van der Waals surface area contributed by atoms with E-state index in [-0.39, 0.29) is 5.91 Å². The topological polar surface area (TPSA) is 41.1 Å². The normalized spacial score (nSPS) is 10.4. The fraction of sp³-hybridized carbons (Fsp3) is 0.583. The second-order valence-corrected chi connectivity index (χ2v) is 4.68. The van der Waals surface area contributed by atoms with Gasteiger partial charge in [0.25, 0.3) is 0 Å². The summed E-state index contributed by atoms with van der Waals surface area (Å²) < 4.78 is 0. The summed E-state index contributed by atoms with van der Waals surface area (Å²) in [6.07, 6.45) is 2.08. The van der Waals surface area contributed by atoms with E-state index in [1.54, 1.807) is 11.3 Å². The Morgan fingerprint density at radius 2 is 2.25 bits per heavy atom. The Morgan fingerprint density at radius 3 is 2.94 bits per heavy atom. The highest BCUT2D eigenvalue weighted by atomic mass is 32.1. The Bertz CT molecular complexity index is 323. The number of aryl methyl sites for hydroxylation is 1. The van der Waals surface area contributed by atoms with E-state index in [1.807, 2.05) is 0 Å². The third kappa shape index (κ3) is 4.33. The molecule has 0 bridgehead atoms. The molecule has 90 valence electrons. The molecule has 0 aliphatic carbocycles. The van der Waals surface area contributed by atoms with Gasteiger partial charge < -0.3 is 10.6 Å². The maximum atomic E-state index is 11.4. The van der Waals surface area contributed by atoms with Gasteiger partial charge in [-0.3, -0.25) is 4.79 Å². The second kappa shape index (κ2) is 7.41. The Morgan fingerprint density at radius 1 is 1.44 bits per heavy atom. The summed E-state index contributed by atoms with van der Waals surface area (Å²) in [5.74, 6) is 0.0731. The molecule has 0 aliphatic rings. The largest absolute Gasteiger partial charge is 0.350 e. The van der Waals surface area contributed by atoms with Gasteiger partial charge in [0.15, 0.2) is 0 Å². The molecule has 1 heterocycles. The van der Waals surface area contributed by atoms with Crippen LogP contribution in [0.5, 0.6) is 0 Å². The first kappa shape index (κ1) is 13.2. The van der Waals surface area contributed by atoms with Gasteiger partial charge in [0.05, 0.1) is 13.1 Å². The van der Waals surface area contributed by atoms with Crippen molar-refractivity contribution in [2.24, 2.45) is 0 Å². The fourth-order valence-electron chi connectivity index (χ4n) is 1.46. The van der Waals surface area contributed by atoms with Crippen molar-refractivity contribution < 1.29 is 4.79 Å². The minimum absolute atomic E-state index is 0.0731. The lowest BCUT2D eigenvalue weighted by atomic mass is 10.2. The van der Waals surface area contributed by atoms with Crippen molar-refractivity contribution in [2.45, 2.75) is 33.2 Å². The molecule has 0 atom stereocenters. The van der Waals surface area contributed by atoms with Crippen LogP contribution < -0.4 is 10.6 Å². The predicted octanol–water partition coefficient (Wildman–Crippen LogP) is 1.93. The van der Waals surface area contributed by atoms with Gasteiger partial charge in [-0.25, -0.2) is 0 Å². The van der Waals surface area contributed by atoms with Gasteiger partial charge in [0, 0.05) is 4.88 Å². The van der Waals surface area contributed by atoms with Crippen molar-refractivity contribution in [1.82, 2.24) is 10.6 Å². The lowest BCUT2D eigenvalue weighted by Crippen LogP contribution is -2.33. The standard InChI is InChI=1S/C12H20N2OS/c1-3-6-13-9-12(15)14-8-11-10(4-2)5-7-16-11/h5,7,13H,3-4,6,8-9H2,1-2H3,(H,14,15). The van der Waals surface area contributed by atoms with Gasteiger partial charge in [0.2, 0.25) is 5.91 Å². The van der Waals surface area contributed by atoms with E-state index in [2.05, 4.69) is 35.9 Å². The molecule has 3 nitrogen and oxygen atoms in total. The Kier molecular flexibility index (Phi) is 6.11. The quantitative estimate of drug-likeness (QED) is 0.715. The smallest absolute Gasteiger partial charge is 0.234 e. The number of rotatable bonds is 7. The van der Waals surface area contributed by atoms with Crippen LogP contribution in [-0.4, -0.2) is 19.0 Å². The molecular weight excluding hydrogens is 220 g/mol. The number of thiophene rings is 1. The van der Waals surface area contributed by atoms with E-state index in [0.29, 0.717) is 13.1 Å². The van der Waals surface area contributed by atoms with Gasteiger partial charge >= 0.3 is 0 Å². The second-order valence-electron chi connectivity index (χ2n) is 3.68. The molecular formula is C12H20N2OS. The summed E-state index contributed by atoms with van der Waals surface area (Å²) >= 11 is 1.71. The average Bonchev–Trinajstić information content (AvgIpc) is 2.74. The molecule has 1 amide bonds. The highest BCUT2D eigenvalue weighted by Crippen LogP contribution is 2.16. The zero-order chi connectivity index (χ0) is 11.8. The Labute approximate surface area is 101 Å². The molecule has 16 heavy (non-hydrogen) atoms. The predicted molar refractivity (Wildman–Crippen MR) is 68.7 cm³/mol. The summed E-state index contributed by atoms with van der Waals surface area (Å²) in [4.78, 5) is 12.7. The van der Waals surface area contributed by atoms with Gasteiger partial charge in [-0.05, 0) is 36.4 Å². The summed E-state index contributed by atoms with van der Waals surface area (Å²) in [5, 5.41) is 8.09. The van der Waals surface area contributed by atoms with Crippen molar-refractivity contribution in [3.63, 3.8) is 0 Å². The summed E-state index contributed by atoms with van der Waals surface area (Å²) in [5.41, 5.74) is 1.34. The first-order chi connectivity index (χ1) is 7.77. The van der Waals surface area contributed by atoms with Crippen molar-refractivity contribution in [2.75, 3.05) is 13.1 Å². The molecule has 0 aromatic carbocycles. The maximum absolute atomic E-state index is 11.4. The molecule has 1 aromatic heterocycles. The average molecular weight is 240 g/mol. The zero-order valence-corrected chi connectivity index (χ0v) is 10.8. The Hall–Kier alpha value is -0.870. The lowest BCUT2D eigenvalue weighted by Gasteiger charge is -2.06. The number of hydrogen-bond donors (Lipinski definition) is 2. The summed E-state index contributed by atoms with van der Waals surface area (Å²) in [7, 11) is 0. The van der Waals surface area contributed by atoms with Crippen molar-refractivity contribution >= 4 is 17.2 Å². The minimum atomic E-state index is 0.0731. The van der Waals surface area contributed by atoms with Crippen LogP contribution in [0.15, 0.2) is 11.4 Å². The third-order valence-electron chi connectivity index (χ3n) is 2.38. The molecule has 0 saturated heterocycles. The van der Waals surface area contributed by atoms with Crippen LogP contribution in [0.2, 0.25) is 0 Å². The molecule has 0 spiro atoms. The van der Waals surface area contributed by atoms with E-state index < -0.39 is 0 Å². The lowest BCUT2D eigenvalue weighted by molar-refractivity contribution is -0.120.